The van der Waals surface area contributed by atoms with Gasteiger partial charge in [-0.05, 0) is 55.9 Å². The SMILES string of the molecule is CCCCOc1ccc(OCC(=O)N(CCN(CC)CC)c2cccc(OC)c2)cc1. The third kappa shape index (κ3) is 8.13. The standard InChI is InChI=1S/C25H36N2O4/c1-5-8-18-30-22-12-14-23(15-13-22)31-20-25(28)27(17-16-26(6-2)7-3)21-10-9-11-24(19-21)29-4/h9-15,19H,5-8,16-18,20H2,1-4H3. The molecule has 0 aromatic heterocycles. The molecular formula is C25H36N2O4. The second kappa shape index (κ2) is 13.5. The fraction of sp³-hybridized carbons (Fsp3) is 0.480. The van der Waals surface area contributed by atoms with E-state index in [2.05, 4.69) is 25.7 Å². The summed E-state index contributed by atoms with van der Waals surface area (Å²) in [6.45, 7) is 10.3. The molecule has 2 aromatic rings. The summed E-state index contributed by atoms with van der Waals surface area (Å²) in [5.41, 5.74) is 0.805. The van der Waals surface area contributed by atoms with E-state index in [9.17, 15) is 4.79 Å². The number of hydrogen-bond acceptors (Lipinski definition) is 5. The number of unbranched alkanes of at least 4 members (excludes halogenated alkanes) is 1. The van der Waals surface area contributed by atoms with Crippen LogP contribution >= 0.6 is 0 Å². The van der Waals surface area contributed by atoms with Crippen LogP contribution in [0.4, 0.5) is 5.69 Å². The van der Waals surface area contributed by atoms with Crippen molar-refractivity contribution in [3.63, 3.8) is 0 Å². The van der Waals surface area contributed by atoms with Crippen molar-refractivity contribution >= 4 is 11.6 Å². The lowest BCUT2D eigenvalue weighted by atomic mass is 10.2. The molecule has 6 nitrogen and oxygen atoms in total. The van der Waals surface area contributed by atoms with E-state index in [0.717, 1.165) is 49.7 Å². The summed E-state index contributed by atoms with van der Waals surface area (Å²) in [6.07, 6.45) is 2.13. The number of benzene rings is 2. The fourth-order valence-electron chi connectivity index (χ4n) is 3.15. The average Bonchev–Trinajstić information content (AvgIpc) is 2.81. The van der Waals surface area contributed by atoms with E-state index in [0.29, 0.717) is 18.9 Å². The van der Waals surface area contributed by atoms with Gasteiger partial charge in [0.2, 0.25) is 0 Å². The van der Waals surface area contributed by atoms with Crippen LogP contribution in [-0.4, -0.2) is 57.3 Å². The van der Waals surface area contributed by atoms with Crippen LogP contribution in [0.15, 0.2) is 48.5 Å². The molecular weight excluding hydrogens is 392 g/mol. The third-order valence-corrected chi connectivity index (χ3v) is 5.15. The molecule has 0 unspecified atom stereocenters. The molecule has 6 heteroatoms. The first-order valence-corrected chi connectivity index (χ1v) is 11.1. The number of carbonyl (C=O) groups is 1. The third-order valence-electron chi connectivity index (χ3n) is 5.15. The van der Waals surface area contributed by atoms with Crippen LogP contribution in [0.25, 0.3) is 0 Å². The van der Waals surface area contributed by atoms with E-state index in [1.165, 1.54) is 0 Å². The molecule has 0 heterocycles. The van der Waals surface area contributed by atoms with Crippen molar-refractivity contribution in [2.24, 2.45) is 0 Å². The second-order valence-corrected chi connectivity index (χ2v) is 7.24. The molecule has 0 saturated heterocycles. The summed E-state index contributed by atoms with van der Waals surface area (Å²) < 4.78 is 16.8. The molecule has 0 aliphatic heterocycles. The molecule has 0 aliphatic carbocycles. The van der Waals surface area contributed by atoms with Gasteiger partial charge in [-0.3, -0.25) is 4.79 Å². The Balaban J connectivity index is 2.02. The van der Waals surface area contributed by atoms with Gasteiger partial charge in [0.25, 0.3) is 5.91 Å². The normalized spacial score (nSPS) is 10.7. The Morgan fingerprint density at radius 3 is 2.16 bits per heavy atom. The minimum atomic E-state index is -0.0938. The van der Waals surface area contributed by atoms with E-state index >= 15 is 0 Å². The van der Waals surface area contributed by atoms with Crippen molar-refractivity contribution in [3.05, 3.63) is 48.5 Å². The molecule has 2 rings (SSSR count). The van der Waals surface area contributed by atoms with E-state index in [1.54, 1.807) is 12.0 Å². The van der Waals surface area contributed by atoms with Gasteiger partial charge in [0.1, 0.15) is 17.2 Å². The minimum Gasteiger partial charge on any atom is -0.497 e. The number of amides is 1. The highest BCUT2D eigenvalue weighted by atomic mass is 16.5. The molecule has 0 bridgehead atoms. The van der Waals surface area contributed by atoms with Crippen LogP contribution in [0.3, 0.4) is 0 Å². The fourth-order valence-corrected chi connectivity index (χ4v) is 3.15. The van der Waals surface area contributed by atoms with Crippen molar-refractivity contribution in [1.29, 1.82) is 0 Å². The Morgan fingerprint density at radius 1 is 0.871 bits per heavy atom. The van der Waals surface area contributed by atoms with Crippen molar-refractivity contribution in [2.45, 2.75) is 33.6 Å². The zero-order chi connectivity index (χ0) is 22.5. The van der Waals surface area contributed by atoms with Crippen LogP contribution in [0.1, 0.15) is 33.6 Å². The Kier molecular flexibility index (Phi) is 10.7. The maximum atomic E-state index is 13.1. The minimum absolute atomic E-state index is 0.0362. The maximum absolute atomic E-state index is 13.1. The van der Waals surface area contributed by atoms with Gasteiger partial charge in [-0.1, -0.05) is 33.3 Å². The van der Waals surface area contributed by atoms with E-state index < -0.39 is 0 Å². The van der Waals surface area contributed by atoms with Crippen molar-refractivity contribution in [3.8, 4) is 17.2 Å². The Morgan fingerprint density at radius 2 is 1.55 bits per heavy atom. The highest BCUT2D eigenvalue weighted by Gasteiger charge is 2.18. The predicted octanol–water partition coefficient (Wildman–Crippen LogP) is 4.63. The number of methoxy groups -OCH3 is 1. The molecule has 0 aliphatic rings. The lowest BCUT2D eigenvalue weighted by Crippen LogP contribution is -2.41. The van der Waals surface area contributed by atoms with E-state index in [-0.39, 0.29) is 12.5 Å². The number of rotatable bonds is 14. The summed E-state index contributed by atoms with van der Waals surface area (Å²) in [4.78, 5) is 17.1. The summed E-state index contributed by atoms with van der Waals surface area (Å²) in [5.74, 6) is 2.08. The van der Waals surface area contributed by atoms with Gasteiger partial charge in [-0.25, -0.2) is 0 Å². The van der Waals surface area contributed by atoms with Gasteiger partial charge in [0.05, 0.1) is 13.7 Å². The number of anilines is 1. The molecule has 0 radical (unpaired) electrons. The lowest BCUT2D eigenvalue weighted by molar-refractivity contribution is -0.120. The summed E-state index contributed by atoms with van der Waals surface area (Å²) >= 11 is 0. The quantitative estimate of drug-likeness (QED) is 0.411. The summed E-state index contributed by atoms with van der Waals surface area (Å²) in [5, 5.41) is 0. The lowest BCUT2D eigenvalue weighted by Gasteiger charge is -2.27. The Hall–Kier alpha value is -2.73. The molecule has 0 spiro atoms. The second-order valence-electron chi connectivity index (χ2n) is 7.24. The number of ether oxygens (including phenoxy) is 3. The number of carbonyl (C=O) groups excluding carboxylic acids is 1. The van der Waals surface area contributed by atoms with Gasteiger partial charge in [-0.2, -0.15) is 0 Å². The van der Waals surface area contributed by atoms with Crippen LogP contribution < -0.4 is 19.1 Å². The molecule has 0 fully saturated rings. The molecule has 0 saturated carbocycles. The van der Waals surface area contributed by atoms with Crippen molar-refractivity contribution < 1.29 is 19.0 Å². The largest absolute Gasteiger partial charge is 0.497 e. The topological polar surface area (TPSA) is 51.2 Å². The van der Waals surface area contributed by atoms with E-state index in [4.69, 9.17) is 14.2 Å². The Bertz CT molecular complexity index is 775. The molecule has 31 heavy (non-hydrogen) atoms. The smallest absolute Gasteiger partial charge is 0.264 e. The zero-order valence-electron chi connectivity index (χ0n) is 19.3. The van der Waals surface area contributed by atoms with Crippen LogP contribution in [-0.2, 0) is 4.79 Å². The highest BCUT2D eigenvalue weighted by Crippen LogP contribution is 2.22. The summed E-state index contributed by atoms with van der Waals surface area (Å²) in [6, 6.07) is 15.0. The average molecular weight is 429 g/mol. The number of likely N-dealkylation sites (N-methyl/N-ethyl adjacent to an activating group) is 1. The van der Waals surface area contributed by atoms with E-state index in [1.807, 2.05) is 48.5 Å². The van der Waals surface area contributed by atoms with Gasteiger partial charge in [0.15, 0.2) is 6.61 Å². The monoisotopic (exact) mass is 428 g/mol. The summed E-state index contributed by atoms with van der Waals surface area (Å²) in [7, 11) is 1.62. The molecule has 1 amide bonds. The number of hydrogen-bond donors (Lipinski definition) is 0. The van der Waals surface area contributed by atoms with Crippen molar-refractivity contribution in [1.82, 2.24) is 4.90 Å². The molecule has 170 valence electrons. The first kappa shape index (κ1) is 24.5. The van der Waals surface area contributed by atoms with Gasteiger partial charge in [-0.15, -0.1) is 0 Å². The van der Waals surface area contributed by atoms with Gasteiger partial charge < -0.3 is 24.0 Å². The van der Waals surface area contributed by atoms with Gasteiger partial charge in [0, 0.05) is 24.8 Å². The Labute approximate surface area is 186 Å². The highest BCUT2D eigenvalue weighted by molar-refractivity contribution is 5.94. The molecule has 0 atom stereocenters. The first-order valence-electron chi connectivity index (χ1n) is 11.1. The zero-order valence-corrected chi connectivity index (χ0v) is 19.3. The predicted molar refractivity (Wildman–Crippen MR) is 125 cm³/mol. The van der Waals surface area contributed by atoms with Gasteiger partial charge >= 0.3 is 0 Å². The molecule has 0 N–H and O–H groups in total. The number of nitrogens with zero attached hydrogens (tertiary/aromatic N) is 2. The molecule has 2 aromatic carbocycles. The van der Waals surface area contributed by atoms with Crippen LogP contribution in [0, 0.1) is 0 Å². The van der Waals surface area contributed by atoms with Crippen LogP contribution in [0.5, 0.6) is 17.2 Å². The first-order chi connectivity index (χ1) is 15.1. The van der Waals surface area contributed by atoms with Crippen LogP contribution in [0.2, 0.25) is 0 Å². The van der Waals surface area contributed by atoms with Crippen molar-refractivity contribution in [2.75, 3.05) is 51.4 Å². The maximum Gasteiger partial charge on any atom is 0.264 e.